The molecule has 1 aromatic heterocycles. The fourth-order valence-electron chi connectivity index (χ4n) is 2.81. The molecule has 24 heavy (non-hydrogen) atoms. The molecule has 1 fully saturated rings. The summed E-state index contributed by atoms with van der Waals surface area (Å²) in [5.41, 5.74) is 1.01. The van der Waals surface area contributed by atoms with E-state index in [2.05, 4.69) is 16.9 Å². The lowest BCUT2D eigenvalue weighted by atomic mass is 9.92. The molecule has 7 heteroatoms. The van der Waals surface area contributed by atoms with Gasteiger partial charge in [-0.3, -0.25) is 9.78 Å². The Morgan fingerprint density at radius 3 is 2.58 bits per heavy atom. The summed E-state index contributed by atoms with van der Waals surface area (Å²) in [5.74, 6) is -3.57. The Hall–Kier alpha value is -2.05. The lowest BCUT2D eigenvalue weighted by Crippen LogP contribution is -2.45. The predicted molar refractivity (Wildman–Crippen MR) is 84.9 cm³/mol. The Balaban J connectivity index is 2.15. The maximum Gasteiger partial charge on any atom is 0.248 e. The summed E-state index contributed by atoms with van der Waals surface area (Å²) in [6.07, 6.45) is 2.46. The van der Waals surface area contributed by atoms with Crippen molar-refractivity contribution in [1.29, 1.82) is 0 Å². The van der Waals surface area contributed by atoms with Crippen LogP contribution in [0.5, 0.6) is 0 Å². The Labute approximate surface area is 139 Å². The number of carbonyl (C=O) groups excluding carboxylic acids is 1. The highest BCUT2D eigenvalue weighted by Crippen LogP contribution is 2.33. The molecule has 0 bridgehead atoms. The third kappa shape index (κ3) is 4.49. The number of aromatic nitrogens is 1. The van der Waals surface area contributed by atoms with Gasteiger partial charge in [0.05, 0.1) is 6.20 Å². The Morgan fingerprint density at radius 2 is 2.04 bits per heavy atom. The Kier molecular flexibility index (Phi) is 5.51. The minimum atomic E-state index is -2.65. The molecule has 1 aromatic rings. The van der Waals surface area contributed by atoms with Crippen molar-refractivity contribution in [3.05, 3.63) is 42.1 Å². The molecule has 1 unspecified atom stereocenters. The number of alkyl halides is 2. The first-order valence-electron chi connectivity index (χ1n) is 7.86. The summed E-state index contributed by atoms with van der Waals surface area (Å²) in [4.78, 5) is 18.1. The van der Waals surface area contributed by atoms with Crippen LogP contribution in [0.4, 0.5) is 13.2 Å². The summed E-state index contributed by atoms with van der Waals surface area (Å²) < 4.78 is 40.0. The highest BCUT2D eigenvalue weighted by molar-refractivity contribution is 5.83. The fraction of sp³-hybridized carbons (Fsp3) is 0.529. The Morgan fingerprint density at radius 1 is 1.42 bits per heavy atom. The second-order valence-electron chi connectivity index (χ2n) is 6.32. The zero-order valence-corrected chi connectivity index (χ0v) is 13.9. The van der Waals surface area contributed by atoms with Crippen LogP contribution in [0.1, 0.15) is 44.2 Å². The molecular formula is C17H22F3N3O. The van der Waals surface area contributed by atoms with Crippen molar-refractivity contribution >= 4 is 5.91 Å². The quantitative estimate of drug-likeness (QED) is 0.892. The smallest absolute Gasteiger partial charge is 0.248 e. The molecule has 4 nitrogen and oxygen atoms in total. The van der Waals surface area contributed by atoms with Gasteiger partial charge in [0.15, 0.2) is 0 Å². The van der Waals surface area contributed by atoms with Gasteiger partial charge in [0.2, 0.25) is 11.8 Å². The van der Waals surface area contributed by atoms with Crippen LogP contribution in [-0.2, 0) is 4.79 Å². The summed E-state index contributed by atoms with van der Waals surface area (Å²) in [5, 5.41) is 2.81. The van der Waals surface area contributed by atoms with Crippen LogP contribution in [0.2, 0.25) is 0 Å². The van der Waals surface area contributed by atoms with Crippen molar-refractivity contribution in [3.63, 3.8) is 0 Å². The van der Waals surface area contributed by atoms with Gasteiger partial charge in [-0.25, -0.2) is 13.2 Å². The van der Waals surface area contributed by atoms with Gasteiger partial charge in [-0.2, -0.15) is 0 Å². The first kappa shape index (κ1) is 18.3. The van der Waals surface area contributed by atoms with E-state index in [0.717, 1.165) is 6.20 Å². The minimum Gasteiger partial charge on any atom is -0.363 e. The average Bonchev–Trinajstić information content (AvgIpc) is 2.49. The summed E-state index contributed by atoms with van der Waals surface area (Å²) in [6, 6.07) is 0.124. The number of likely N-dealkylation sites (N-methyl/N-ethyl adjacent to an activating group) is 1. The largest absolute Gasteiger partial charge is 0.363 e. The van der Waals surface area contributed by atoms with E-state index in [1.54, 1.807) is 18.9 Å². The molecule has 1 saturated carbocycles. The molecule has 0 radical (unpaired) electrons. The van der Waals surface area contributed by atoms with Gasteiger partial charge in [0.25, 0.3) is 0 Å². The summed E-state index contributed by atoms with van der Waals surface area (Å²) >= 11 is 0. The van der Waals surface area contributed by atoms with Gasteiger partial charge in [0.1, 0.15) is 11.9 Å². The number of nitrogens with one attached hydrogen (secondary N) is 1. The maximum absolute atomic E-state index is 13.5. The van der Waals surface area contributed by atoms with Gasteiger partial charge < -0.3 is 10.2 Å². The van der Waals surface area contributed by atoms with Crippen LogP contribution < -0.4 is 5.32 Å². The molecule has 2 rings (SSSR count). The van der Waals surface area contributed by atoms with E-state index in [1.807, 2.05) is 0 Å². The SMILES string of the molecule is C=C(C)N(C)C(C(=O)NC1CCC(F)(F)CC1)c1cncc(F)c1. The lowest BCUT2D eigenvalue weighted by molar-refractivity contribution is -0.127. The van der Waals surface area contributed by atoms with Gasteiger partial charge in [-0.15, -0.1) is 0 Å². The van der Waals surface area contributed by atoms with Gasteiger partial charge in [-0.1, -0.05) is 6.58 Å². The normalized spacial score (nSPS) is 18.7. The van der Waals surface area contributed by atoms with E-state index in [4.69, 9.17) is 0 Å². The summed E-state index contributed by atoms with van der Waals surface area (Å²) in [7, 11) is 1.67. The van der Waals surface area contributed by atoms with Crippen molar-refractivity contribution in [1.82, 2.24) is 15.2 Å². The molecule has 1 heterocycles. The second-order valence-corrected chi connectivity index (χ2v) is 6.32. The third-order valence-corrected chi connectivity index (χ3v) is 4.34. The molecular weight excluding hydrogens is 319 g/mol. The third-order valence-electron chi connectivity index (χ3n) is 4.34. The second kappa shape index (κ2) is 7.23. The van der Waals surface area contributed by atoms with Gasteiger partial charge in [-0.05, 0) is 25.8 Å². The molecule has 1 aliphatic rings. The monoisotopic (exact) mass is 341 g/mol. The van der Waals surface area contributed by atoms with E-state index in [9.17, 15) is 18.0 Å². The average molecular weight is 341 g/mol. The zero-order chi connectivity index (χ0) is 17.9. The number of hydrogen-bond donors (Lipinski definition) is 1. The van der Waals surface area contributed by atoms with Crippen LogP contribution in [0, 0.1) is 5.82 Å². The molecule has 1 atom stereocenters. The number of halogens is 3. The molecule has 1 amide bonds. The van der Waals surface area contributed by atoms with Crippen molar-refractivity contribution in [2.75, 3.05) is 7.05 Å². The van der Waals surface area contributed by atoms with Gasteiger partial charge >= 0.3 is 0 Å². The minimum absolute atomic E-state index is 0.226. The molecule has 0 aromatic carbocycles. The first-order chi connectivity index (χ1) is 11.2. The van der Waals surface area contributed by atoms with Crippen LogP contribution in [0.15, 0.2) is 30.7 Å². The van der Waals surface area contributed by atoms with Gasteiger partial charge in [0, 0.05) is 43.4 Å². The molecule has 1 aliphatic carbocycles. The van der Waals surface area contributed by atoms with E-state index >= 15 is 0 Å². The maximum atomic E-state index is 13.5. The van der Waals surface area contributed by atoms with Crippen molar-refractivity contribution < 1.29 is 18.0 Å². The van der Waals surface area contributed by atoms with Crippen LogP contribution in [-0.4, -0.2) is 34.8 Å². The van der Waals surface area contributed by atoms with Crippen LogP contribution >= 0.6 is 0 Å². The highest BCUT2D eigenvalue weighted by Gasteiger charge is 2.36. The van der Waals surface area contributed by atoms with Crippen molar-refractivity contribution in [2.24, 2.45) is 0 Å². The number of pyridine rings is 1. The molecule has 1 N–H and O–H groups in total. The predicted octanol–water partition coefficient (Wildman–Crippen LogP) is 3.42. The van der Waals surface area contributed by atoms with E-state index in [1.165, 1.54) is 12.3 Å². The number of nitrogens with zero attached hydrogens (tertiary/aromatic N) is 2. The lowest BCUT2D eigenvalue weighted by Gasteiger charge is -2.33. The fourth-order valence-corrected chi connectivity index (χ4v) is 2.81. The van der Waals surface area contributed by atoms with Crippen LogP contribution in [0.3, 0.4) is 0 Å². The number of rotatable bonds is 5. The van der Waals surface area contributed by atoms with Crippen molar-refractivity contribution in [2.45, 2.75) is 50.6 Å². The zero-order valence-electron chi connectivity index (χ0n) is 13.9. The Bertz CT molecular complexity index is 611. The summed E-state index contributed by atoms with van der Waals surface area (Å²) in [6.45, 7) is 5.54. The van der Waals surface area contributed by atoms with E-state index in [-0.39, 0.29) is 37.6 Å². The van der Waals surface area contributed by atoms with E-state index < -0.39 is 17.8 Å². The molecule has 0 saturated heterocycles. The van der Waals surface area contributed by atoms with Crippen LogP contribution in [0.25, 0.3) is 0 Å². The standard InChI is InChI=1S/C17H22F3N3O/c1-11(2)23(3)15(12-8-13(18)10-21-9-12)16(24)22-14-4-6-17(19,20)7-5-14/h8-10,14-15H,1,4-7H2,2-3H3,(H,22,24). The molecule has 0 spiro atoms. The first-order valence-corrected chi connectivity index (χ1v) is 7.86. The molecule has 132 valence electrons. The topological polar surface area (TPSA) is 45.2 Å². The molecule has 0 aliphatic heterocycles. The number of carbonyl (C=O) groups is 1. The number of allylic oxidation sites excluding steroid dienone is 1. The van der Waals surface area contributed by atoms with Crippen molar-refractivity contribution in [3.8, 4) is 0 Å². The number of amides is 1. The number of hydrogen-bond acceptors (Lipinski definition) is 3. The van der Waals surface area contributed by atoms with E-state index in [0.29, 0.717) is 11.3 Å². The highest BCUT2D eigenvalue weighted by atomic mass is 19.3.